The van der Waals surface area contributed by atoms with Crippen molar-refractivity contribution in [1.82, 2.24) is 10.2 Å². The van der Waals surface area contributed by atoms with Gasteiger partial charge >= 0.3 is 0 Å². The molecule has 9 heteroatoms. The molecule has 0 aromatic heterocycles. The second-order valence-electron chi connectivity index (χ2n) is 8.68. The highest BCUT2D eigenvalue weighted by atomic mass is 35.5. The number of halogens is 1. The van der Waals surface area contributed by atoms with Gasteiger partial charge in [0.15, 0.2) is 5.11 Å². The number of ether oxygens (including phenoxy) is 1. The molecule has 0 atom stereocenters. The molecule has 0 bridgehead atoms. The molecule has 3 aromatic carbocycles. The van der Waals surface area contributed by atoms with Gasteiger partial charge in [0.1, 0.15) is 5.75 Å². The fourth-order valence-corrected chi connectivity index (χ4v) is 4.50. The fraction of sp³-hybridized carbons (Fsp3) is 0.250. The van der Waals surface area contributed by atoms with Gasteiger partial charge in [-0.25, -0.2) is 0 Å². The maximum absolute atomic E-state index is 12.8. The van der Waals surface area contributed by atoms with Crippen molar-refractivity contribution in [2.75, 3.05) is 43.0 Å². The molecule has 1 heterocycles. The summed E-state index contributed by atoms with van der Waals surface area (Å²) in [6, 6.07) is 20.4. The van der Waals surface area contributed by atoms with E-state index < -0.39 is 0 Å². The van der Waals surface area contributed by atoms with E-state index in [4.69, 9.17) is 28.6 Å². The number of nitrogens with zero attached hydrogens (tertiary/aromatic N) is 2. The van der Waals surface area contributed by atoms with Crippen LogP contribution in [0.2, 0.25) is 5.02 Å². The monoisotopic (exact) mass is 536 g/mol. The minimum atomic E-state index is -0.364. The number of carbonyl (C=O) groups excluding carboxylic acids is 2. The first-order valence-electron chi connectivity index (χ1n) is 12.1. The lowest BCUT2D eigenvalue weighted by Crippen LogP contribution is -2.48. The van der Waals surface area contributed by atoms with Crippen molar-refractivity contribution < 1.29 is 14.3 Å². The molecule has 1 aliphatic heterocycles. The second-order valence-corrected chi connectivity index (χ2v) is 9.49. The third-order valence-electron chi connectivity index (χ3n) is 6.08. The normalized spacial score (nSPS) is 13.2. The predicted molar refractivity (Wildman–Crippen MR) is 152 cm³/mol. The van der Waals surface area contributed by atoms with Crippen LogP contribution in [-0.2, 0) is 0 Å². The average Bonchev–Trinajstić information content (AvgIpc) is 2.90. The Morgan fingerprint density at radius 3 is 2.22 bits per heavy atom. The number of thiocarbonyl (C=S) groups is 1. The van der Waals surface area contributed by atoms with Crippen LogP contribution in [0.15, 0.2) is 66.7 Å². The fourth-order valence-electron chi connectivity index (χ4n) is 4.05. The molecule has 2 N–H and O–H groups in total. The molecule has 3 aromatic rings. The summed E-state index contributed by atoms with van der Waals surface area (Å²) in [5.41, 5.74) is 4.06. The van der Waals surface area contributed by atoms with Gasteiger partial charge in [0, 0.05) is 48.7 Å². The zero-order valence-electron chi connectivity index (χ0n) is 20.8. The van der Waals surface area contributed by atoms with E-state index in [9.17, 15) is 9.59 Å². The predicted octanol–water partition coefficient (Wildman–Crippen LogP) is 5.14. The summed E-state index contributed by atoms with van der Waals surface area (Å²) < 4.78 is 5.40. The second kappa shape index (κ2) is 12.1. The van der Waals surface area contributed by atoms with Crippen molar-refractivity contribution in [3.05, 3.63) is 88.4 Å². The molecule has 0 aliphatic carbocycles. The SMILES string of the molecule is CCOc1ccc(C(=O)NC(=S)Nc2ccc(N3CCN(C(=O)c4ccc(C)cc4)CC3)cc2)cc1Cl. The molecule has 0 saturated carbocycles. The number of nitrogens with one attached hydrogen (secondary N) is 2. The van der Waals surface area contributed by atoms with Crippen molar-refractivity contribution >= 4 is 52.1 Å². The smallest absolute Gasteiger partial charge is 0.257 e. The van der Waals surface area contributed by atoms with E-state index in [0.717, 1.165) is 35.6 Å². The number of anilines is 2. The van der Waals surface area contributed by atoms with Crippen molar-refractivity contribution in [3.8, 4) is 5.75 Å². The third-order valence-corrected chi connectivity index (χ3v) is 6.58. The molecule has 7 nitrogen and oxygen atoms in total. The summed E-state index contributed by atoms with van der Waals surface area (Å²) >= 11 is 11.5. The Morgan fingerprint density at radius 1 is 0.946 bits per heavy atom. The van der Waals surface area contributed by atoms with Gasteiger partial charge in [-0.2, -0.15) is 0 Å². The van der Waals surface area contributed by atoms with Crippen LogP contribution in [0.5, 0.6) is 5.75 Å². The molecule has 1 fully saturated rings. The van der Waals surface area contributed by atoms with Gasteiger partial charge < -0.3 is 19.9 Å². The van der Waals surface area contributed by atoms with Crippen LogP contribution in [0.4, 0.5) is 11.4 Å². The molecular weight excluding hydrogens is 508 g/mol. The van der Waals surface area contributed by atoms with Gasteiger partial charge in [-0.15, -0.1) is 0 Å². The van der Waals surface area contributed by atoms with E-state index >= 15 is 0 Å². The van der Waals surface area contributed by atoms with Gasteiger partial charge in [0.05, 0.1) is 11.6 Å². The zero-order valence-corrected chi connectivity index (χ0v) is 22.4. The Balaban J connectivity index is 1.27. The number of benzene rings is 3. The quantitative estimate of drug-likeness (QED) is 0.425. The number of aryl methyl sites for hydroxylation is 1. The number of hydrogen-bond acceptors (Lipinski definition) is 5. The summed E-state index contributed by atoms with van der Waals surface area (Å²) in [6.07, 6.45) is 0. The largest absolute Gasteiger partial charge is 0.492 e. The Morgan fingerprint density at radius 2 is 1.59 bits per heavy atom. The van der Waals surface area contributed by atoms with E-state index in [1.54, 1.807) is 18.2 Å². The van der Waals surface area contributed by atoms with Gasteiger partial charge in [-0.05, 0) is 80.7 Å². The molecule has 1 aliphatic rings. The number of hydrogen-bond donors (Lipinski definition) is 2. The van der Waals surface area contributed by atoms with Crippen LogP contribution in [-0.4, -0.2) is 54.6 Å². The minimum Gasteiger partial charge on any atom is -0.492 e. The molecular formula is C28H29ClN4O3S. The first kappa shape index (κ1) is 26.4. The lowest BCUT2D eigenvalue weighted by atomic mass is 10.1. The zero-order chi connectivity index (χ0) is 26.4. The molecule has 0 unspecified atom stereocenters. The molecule has 0 spiro atoms. The summed E-state index contributed by atoms with van der Waals surface area (Å²) in [4.78, 5) is 29.5. The highest BCUT2D eigenvalue weighted by Gasteiger charge is 2.22. The number of amides is 2. The molecule has 0 radical (unpaired) electrons. The van der Waals surface area contributed by atoms with E-state index in [1.165, 1.54) is 0 Å². The summed E-state index contributed by atoms with van der Waals surface area (Å²) in [6.45, 7) is 7.20. The lowest BCUT2D eigenvalue weighted by Gasteiger charge is -2.36. The maximum atomic E-state index is 12.8. The first-order valence-corrected chi connectivity index (χ1v) is 12.9. The van der Waals surface area contributed by atoms with Crippen LogP contribution in [0, 0.1) is 6.92 Å². The van der Waals surface area contributed by atoms with Crippen LogP contribution in [0.25, 0.3) is 0 Å². The molecule has 2 amide bonds. The van der Waals surface area contributed by atoms with Crippen molar-refractivity contribution in [2.45, 2.75) is 13.8 Å². The van der Waals surface area contributed by atoms with Gasteiger partial charge in [-0.1, -0.05) is 29.3 Å². The number of carbonyl (C=O) groups is 2. The Labute approximate surface area is 227 Å². The Hall–Kier alpha value is -3.62. The first-order chi connectivity index (χ1) is 17.8. The van der Waals surface area contributed by atoms with Crippen molar-refractivity contribution in [3.63, 3.8) is 0 Å². The third kappa shape index (κ3) is 6.78. The van der Waals surface area contributed by atoms with Gasteiger partial charge in [0.25, 0.3) is 11.8 Å². The van der Waals surface area contributed by atoms with E-state index in [0.29, 0.717) is 36.0 Å². The van der Waals surface area contributed by atoms with Gasteiger partial charge in [-0.3, -0.25) is 14.9 Å². The van der Waals surface area contributed by atoms with Crippen molar-refractivity contribution in [2.24, 2.45) is 0 Å². The molecule has 192 valence electrons. The minimum absolute atomic E-state index is 0.0715. The highest BCUT2D eigenvalue weighted by molar-refractivity contribution is 7.80. The van der Waals surface area contributed by atoms with E-state index in [2.05, 4.69) is 15.5 Å². The van der Waals surface area contributed by atoms with Crippen LogP contribution >= 0.6 is 23.8 Å². The highest BCUT2D eigenvalue weighted by Crippen LogP contribution is 2.25. The Kier molecular flexibility index (Phi) is 8.63. The maximum Gasteiger partial charge on any atom is 0.257 e. The summed E-state index contributed by atoms with van der Waals surface area (Å²) in [5.74, 6) is 0.236. The topological polar surface area (TPSA) is 73.9 Å². The van der Waals surface area contributed by atoms with E-state index in [-0.39, 0.29) is 16.9 Å². The lowest BCUT2D eigenvalue weighted by molar-refractivity contribution is 0.0746. The standard InChI is InChI=1S/C28H29ClN4O3S/c1-3-36-25-13-8-21(18-24(25)29)26(34)31-28(37)30-22-9-11-23(12-10-22)32-14-16-33(17-15-32)27(35)20-6-4-19(2)5-7-20/h4-13,18H,3,14-17H2,1-2H3,(H2,30,31,34,37). The number of piperazine rings is 1. The molecule has 4 rings (SSSR count). The average molecular weight is 537 g/mol. The van der Waals surface area contributed by atoms with Crippen molar-refractivity contribution in [1.29, 1.82) is 0 Å². The number of rotatable bonds is 6. The molecule has 1 saturated heterocycles. The molecule has 37 heavy (non-hydrogen) atoms. The summed E-state index contributed by atoms with van der Waals surface area (Å²) in [7, 11) is 0. The Bertz CT molecular complexity index is 1270. The van der Waals surface area contributed by atoms with Crippen LogP contribution < -0.4 is 20.3 Å². The van der Waals surface area contributed by atoms with Gasteiger partial charge in [0.2, 0.25) is 0 Å². The van der Waals surface area contributed by atoms with Crippen LogP contribution in [0.1, 0.15) is 33.2 Å². The summed E-state index contributed by atoms with van der Waals surface area (Å²) in [5, 5.41) is 6.25. The van der Waals surface area contributed by atoms with Crippen LogP contribution in [0.3, 0.4) is 0 Å². The van der Waals surface area contributed by atoms with E-state index in [1.807, 2.05) is 67.3 Å².